The second-order valence-electron chi connectivity index (χ2n) is 5.06. The largest absolute Gasteiger partial charge is 0.430 e. The zero-order valence-corrected chi connectivity index (χ0v) is 13.0. The molecule has 0 aromatic rings. The third kappa shape index (κ3) is 8.41. The Labute approximate surface area is 118 Å². The second kappa shape index (κ2) is 10.6. The minimum Gasteiger partial charge on any atom is -0.430 e. The minimum atomic E-state index is 0.0139. The average Bonchev–Trinajstić information content (AvgIpc) is 2.37. The van der Waals surface area contributed by atoms with Gasteiger partial charge < -0.3 is 9.47 Å². The van der Waals surface area contributed by atoms with Crippen molar-refractivity contribution in [2.75, 3.05) is 13.5 Å². The van der Waals surface area contributed by atoms with Crippen LogP contribution in [0.25, 0.3) is 0 Å². The van der Waals surface area contributed by atoms with E-state index < -0.39 is 0 Å². The Morgan fingerprint density at radius 1 is 0.947 bits per heavy atom. The van der Waals surface area contributed by atoms with Crippen molar-refractivity contribution in [3.63, 3.8) is 0 Å². The number of hydrogen-bond acceptors (Lipinski definition) is 3. The first-order chi connectivity index (χ1) is 9.08. The van der Waals surface area contributed by atoms with Crippen LogP contribution in [0.15, 0.2) is 0 Å². The standard InChI is InChI=1S/C16H27NO2/c1-6-9-10-11-16(4,5)17(14-18-12-7-2)15-19-13-8-3/h6,9-11,14-15H2,1-5H3. The number of unbranched alkanes of at least 4 members (excludes halogenated alkanes) is 2. The van der Waals surface area contributed by atoms with Crippen molar-refractivity contribution < 1.29 is 9.47 Å². The van der Waals surface area contributed by atoms with E-state index in [2.05, 4.69) is 49.7 Å². The summed E-state index contributed by atoms with van der Waals surface area (Å²) in [5.74, 6) is 5.45. The summed E-state index contributed by atoms with van der Waals surface area (Å²) >= 11 is 0. The molecular formula is C16H27NO2. The summed E-state index contributed by atoms with van der Waals surface area (Å²) in [5, 5.41) is 0. The third-order valence-corrected chi connectivity index (χ3v) is 3.04. The molecule has 0 aliphatic heterocycles. The van der Waals surface area contributed by atoms with Gasteiger partial charge in [-0.05, 0) is 20.3 Å². The molecule has 0 radical (unpaired) electrons. The molecule has 0 aliphatic carbocycles. The minimum absolute atomic E-state index is 0.0139. The van der Waals surface area contributed by atoms with E-state index in [4.69, 9.17) is 9.47 Å². The van der Waals surface area contributed by atoms with Crippen molar-refractivity contribution in [2.24, 2.45) is 0 Å². The van der Waals surface area contributed by atoms with E-state index in [0.717, 1.165) is 6.42 Å². The smallest absolute Gasteiger partial charge is 0.157 e. The molecule has 3 heteroatoms. The molecule has 0 aromatic carbocycles. The van der Waals surface area contributed by atoms with Crippen molar-refractivity contribution in [3.05, 3.63) is 0 Å². The monoisotopic (exact) mass is 265 g/mol. The molecule has 0 saturated heterocycles. The summed E-state index contributed by atoms with van der Waals surface area (Å²) in [6.45, 7) is 11.0. The molecule has 0 fully saturated rings. The first kappa shape index (κ1) is 17.7. The predicted octanol–water partition coefficient (Wildman–Crippen LogP) is 3.56. The molecule has 0 N–H and O–H groups in total. The Kier molecular flexibility index (Phi) is 9.85. The summed E-state index contributed by atoms with van der Waals surface area (Å²) in [6.07, 6.45) is 10.0. The van der Waals surface area contributed by atoms with Gasteiger partial charge in [-0.15, -0.1) is 0 Å². The van der Waals surface area contributed by atoms with Crippen LogP contribution in [-0.2, 0) is 9.47 Å². The normalized spacial score (nSPS) is 10.2. The molecular weight excluding hydrogens is 238 g/mol. The summed E-state index contributed by atoms with van der Waals surface area (Å²) < 4.78 is 10.6. The lowest BCUT2D eigenvalue weighted by molar-refractivity contribution is -0.0418. The van der Waals surface area contributed by atoms with E-state index >= 15 is 0 Å². The zero-order chi connectivity index (χ0) is 14.6. The van der Waals surface area contributed by atoms with E-state index in [9.17, 15) is 0 Å². The lowest BCUT2D eigenvalue weighted by Crippen LogP contribution is -2.45. The van der Waals surface area contributed by atoms with Gasteiger partial charge in [0.15, 0.2) is 13.5 Å². The first-order valence-corrected chi connectivity index (χ1v) is 6.90. The van der Waals surface area contributed by atoms with Crippen LogP contribution in [0.2, 0.25) is 0 Å². The SMILES string of the molecule is CC#COCN(COC#CC)C(C)(C)CCCCC. The van der Waals surface area contributed by atoms with Gasteiger partial charge in [-0.1, -0.05) is 38.0 Å². The maximum atomic E-state index is 5.30. The fraction of sp³-hybridized carbons (Fsp3) is 0.750. The van der Waals surface area contributed by atoms with E-state index in [1.165, 1.54) is 19.3 Å². The molecule has 0 saturated carbocycles. The Bertz CT molecular complexity index is 317. The molecule has 0 heterocycles. The van der Waals surface area contributed by atoms with Crippen molar-refractivity contribution >= 4 is 0 Å². The molecule has 0 aliphatic rings. The lowest BCUT2D eigenvalue weighted by Gasteiger charge is -2.36. The topological polar surface area (TPSA) is 21.7 Å². The fourth-order valence-corrected chi connectivity index (χ4v) is 1.72. The summed E-state index contributed by atoms with van der Waals surface area (Å²) in [5.41, 5.74) is 0.0139. The molecule has 108 valence electrons. The van der Waals surface area contributed by atoms with Crippen molar-refractivity contribution in [2.45, 2.75) is 65.8 Å². The van der Waals surface area contributed by atoms with Crippen LogP contribution in [0.1, 0.15) is 60.3 Å². The molecule has 0 aromatic heterocycles. The van der Waals surface area contributed by atoms with Crippen molar-refractivity contribution in [1.82, 2.24) is 4.90 Å². The van der Waals surface area contributed by atoms with Gasteiger partial charge in [-0.3, -0.25) is 0 Å². The molecule has 0 spiro atoms. The van der Waals surface area contributed by atoms with E-state index in [0.29, 0.717) is 13.5 Å². The van der Waals surface area contributed by atoms with Crippen LogP contribution in [0.3, 0.4) is 0 Å². The predicted molar refractivity (Wildman–Crippen MR) is 78.9 cm³/mol. The Hall–Kier alpha value is -1.32. The third-order valence-electron chi connectivity index (χ3n) is 3.04. The van der Waals surface area contributed by atoms with Gasteiger partial charge in [0.2, 0.25) is 0 Å². The maximum Gasteiger partial charge on any atom is 0.157 e. The Morgan fingerprint density at radius 2 is 1.47 bits per heavy atom. The van der Waals surface area contributed by atoms with Crippen LogP contribution in [0, 0.1) is 24.1 Å². The summed E-state index contributed by atoms with van der Waals surface area (Å²) in [4.78, 5) is 2.12. The number of hydrogen-bond donors (Lipinski definition) is 0. The summed E-state index contributed by atoms with van der Waals surface area (Å²) in [7, 11) is 0. The Morgan fingerprint density at radius 3 is 1.89 bits per heavy atom. The highest BCUT2D eigenvalue weighted by molar-refractivity contribution is 4.87. The van der Waals surface area contributed by atoms with Gasteiger partial charge in [-0.25, -0.2) is 4.90 Å². The molecule has 3 nitrogen and oxygen atoms in total. The zero-order valence-electron chi connectivity index (χ0n) is 13.0. The Balaban J connectivity index is 4.44. The van der Waals surface area contributed by atoms with Gasteiger partial charge in [-0.2, -0.15) is 0 Å². The quantitative estimate of drug-likeness (QED) is 0.361. The van der Waals surface area contributed by atoms with Crippen LogP contribution in [0.4, 0.5) is 0 Å². The van der Waals surface area contributed by atoms with E-state index in [-0.39, 0.29) is 5.54 Å². The van der Waals surface area contributed by atoms with Gasteiger partial charge in [0.25, 0.3) is 0 Å². The van der Waals surface area contributed by atoms with Crippen LogP contribution >= 0.6 is 0 Å². The average molecular weight is 265 g/mol. The van der Waals surface area contributed by atoms with Crippen LogP contribution < -0.4 is 0 Å². The van der Waals surface area contributed by atoms with Gasteiger partial charge in [0.1, 0.15) is 12.2 Å². The van der Waals surface area contributed by atoms with Gasteiger partial charge in [0.05, 0.1) is 0 Å². The maximum absolute atomic E-state index is 5.30. The van der Waals surface area contributed by atoms with Crippen LogP contribution in [0.5, 0.6) is 0 Å². The number of nitrogens with zero attached hydrogens (tertiary/aromatic N) is 1. The molecule has 0 bridgehead atoms. The van der Waals surface area contributed by atoms with Crippen molar-refractivity contribution in [1.29, 1.82) is 0 Å². The lowest BCUT2D eigenvalue weighted by atomic mass is 9.95. The van der Waals surface area contributed by atoms with Gasteiger partial charge in [0, 0.05) is 19.4 Å². The fourth-order valence-electron chi connectivity index (χ4n) is 1.72. The molecule has 0 rings (SSSR count). The van der Waals surface area contributed by atoms with E-state index in [1.54, 1.807) is 13.8 Å². The van der Waals surface area contributed by atoms with Crippen LogP contribution in [-0.4, -0.2) is 23.9 Å². The summed E-state index contributed by atoms with van der Waals surface area (Å²) in [6, 6.07) is 0. The van der Waals surface area contributed by atoms with Crippen molar-refractivity contribution in [3.8, 4) is 24.1 Å². The van der Waals surface area contributed by atoms with E-state index in [1.807, 2.05) is 0 Å². The van der Waals surface area contributed by atoms with Gasteiger partial charge >= 0.3 is 0 Å². The number of rotatable bonds is 9. The highest BCUT2D eigenvalue weighted by Gasteiger charge is 2.26. The molecule has 0 atom stereocenters. The highest BCUT2D eigenvalue weighted by Crippen LogP contribution is 2.22. The first-order valence-electron chi connectivity index (χ1n) is 6.90. The highest BCUT2D eigenvalue weighted by atomic mass is 16.5. The molecule has 0 unspecified atom stereocenters. The molecule has 19 heavy (non-hydrogen) atoms. The molecule has 0 amide bonds. The second-order valence-corrected chi connectivity index (χ2v) is 5.06. The number of ether oxygens (including phenoxy) is 2.